The van der Waals surface area contributed by atoms with E-state index >= 15 is 0 Å². The summed E-state index contributed by atoms with van der Waals surface area (Å²) in [6.45, 7) is 1.96. The van der Waals surface area contributed by atoms with E-state index in [1.807, 2.05) is 31.3 Å². The van der Waals surface area contributed by atoms with Crippen LogP contribution in [0.5, 0.6) is 0 Å². The SMILES string of the molecule is Cc1ccc(-c2nc(NN)cc(C3CCCC3)n2)cn1. The van der Waals surface area contributed by atoms with E-state index in [1.54, 1.807) is 0 Å². The molecule has 2 aromatic heterocycles. The van der Waals surface area contributed by atoms with E-state index in [9.17, 15) is 0 Å². The van der Waals surface area contributed by atoms with Crippen LogP contribution >= 0.6 is 0 Å². The smallest absolute Gasteiger partial charge is 0.163 e. The van der Waals surface area contributed by atoms with Crippen molar-refractivity contribution in [2.24, 2.45) is 5.84 Å². The van der Waals surface area contributed by atoms with Crippen LogP contribution in [0.4, 0.5) is 5.82 Å². The summed E-state index contributed by atoms with van der Waals surface area (Å²) in [7, 11) is 0. The number of aryl methyl sites for hydroxylation is 1. The summed E-state index contributed by atoms with van der Waals surface area (Å²) in [5.74, 6) is 7.42. The molecule has 1 aliphatic rings. The minimum atomic E-state index is 0.530. The van der Waals surface area contributed by atoms with Gasteiger partial charge < -0.3 is 5.43 Å². The van der Waals surface area contributed by atoms with Crippen LogP contribution in [0.3, 0.4) is 0 Å². The van der Waals surface area contributed by atoms with Crippen molar-refractivity contribution in [1.82, 2.24) is 15.0 Å². The lowest BCUT2D eigenvalue weighted by Gasteiger charge is -2.12. The molecule has 104 valence electrons. The lowest BCUT2D eigenvalue weighted by molar-refractivity contribution is 0.695. The van der Waals surface area contributed by atoms with Crippen molar-refractivity contribution in [3.8, 4) is 11.4 Å². The molecule has 0 atom stereocenters. The van der Waals surface area contributed by atoms with E-state index in [2.05, 4.69) is 15.4 Å². The molecule has 20 heavy (non-hydrogen) atoms. The summed E-state index contributed by atoms with van der Waals surface area (Å²) >= 11 is 0. The van der Waals surface area contributed by atoms with E-state index in [-0.39, 0.29) is 0 Å². The summed E-state index contributed by atoms with van der Waals surface area (Å²) < 4.78 is 0. The van der Waals surface area contributed by atoms with Gasteiger partial charge in [-0.05, 0) is 31.9 Å². The molecule has 0 bridgehead atoms. The molecule has 2 heterocycles. The molecule has 0 saturated heterocycles. The summed E-state index contributed by atoms with van der Waals surface area (Å²) in [4.78, 5) is 13.5. The van der Waals surface area contributed by atoms with Gasteiger partial charge in [0.2, 0.25) is 0 Å². The fourth-order valence-corrected chi connectivity index (χ4v) is 2.70. The first kappa shape index (κ1) is 13.0. The van der Waals surface area contributed by atoms with Crippen molar-refractivity contribution >= 4 is 5.82 Å². The molecule has 0 amide bonds. The Morgan fingerprint density at radius 1 is 1.20 bits per heavy atom. The molecule has 0 radical (unpaired) electrons. The van der Waals surface area contributed by atoms with Crippen LogP contribution in [0.25, 0.3) is 11.4 Å². The fraction of sp³-hybridized carbons (Fsp3) is 0.400. The second-order valence-electron chi connectivity index (χ2n) is 5.32. The molecule has 0 unspecified atom stereocenters. The van der Waals surface area contributed by atoms with Gasteiger partial charge in [0.05, 0.1) is 0 Å². The van der Waals surface area contributed by atoms with Gasteiger partial charge in [-0.1, -0.05) is 12.8 Å². The molecule has 0 spiro atoms. The third-order valence-corrected chi connectivity index (χ3v) is 3.84. The van der Waals surface area contributed by atoms with E-state index in [1.165, 1.54) is 25.7 Å². The van der Waals surface area contributed by atoms with Crippen molar-refractivity contribution in [3.63, 3.8) is 0 Å². The van der Waals surface area contributed by atoms with Gasteiger partial charge in [0, 0.05) is 35.1 Å². The van der Waals surface area contributed by atoms with Gasteiger partial charge in [-0.2, -0.15) is 0 Å². The standard InChI is InChI=1S/C15H19N5/c1-10-6-7-12(9-17-10)15-18-13(8-14(19-15)20-16)11-4-2-3-5-11/h6-9,11H,2-5,16H2,1H3,(H,18,19,20). The second kappa shape index (κ2) is 5.54. The maximum atomic E-state index is 5.53. The highest BCUT2D eigenvalue weighted by atomic mass is 15.3. The summed E-state index contributed by atoms with van der Waals surface area (Å²) in [6.07, 6.45) is 6.77. The molecule has 1 fully saturated rings. The van der Waals surface area contributed by atoms with Crippen LogP contribution in [-0.2, 0) is 0 Å². The maximum absolute atomic E-state index is 5.53. The number of aromatic nitrogens is 3. The number of nitrogens with zero attached hydrogens (tertiary/aromatic N) is 3. The van der Waals surface area contributed by atoms with E-state index in [0.29, 0.717) is 17.6 Å². The van der Waals surface area contributed by atoms with Crippen molar-refractivity contribution in [3.05, 3.63) is 35.8 Å². The number of pyridine rings is 1. The largest absolute Gasteiger partial charge is 0.308 e. The first-order valence-electron chi connectivity index (χ1n) is 7.05. The second-order valence-corrected chi connectivity index (χ2v) is 5.32. The van der Waals surface area contributed by atoms with E-state index in [4.69, 9.17) is 10.8 Å². The summed E-state index contributed by atoms with van der Waals surface area (Å²) in [5, 5.41) is 0. The number of hydrazine groups is 1. The quantitative estimate of drug-likeness (QED) is 0.662. The fourth-order valence-electron chi connectivity index (χ4n) is 2.70. The van der Waals surface area contributed by atoms with Gasteiger partial charge >= 0.3 is 0 Å². The molecule has 1 aliphatic carbocycles. The van der Waals surface area contributed by atoms with Crippen LogP contribution in [-0.4, -0.2) is 15.0 Å². The molecule has 0 aromatic carbocycles. The molecule has 1 saturated carbocycles. The monoisotopic (exact) mass is 269 g/mol. The van der Waals surface area contributed by atoms with Crippen molar-refractivity contribution < 1.29 is 0 Å². The highest BCUT2D eigenvalue weighted by molar-refractivity contribution is 5.56. The Morgan fingerprint density at radius 3 is 2.65 bits per heavy atom. The van der Waals surface area contributed by atoms with Crippen LogP contribution < -0.4 is 11.3 Å². The minimum Gasteiger partial charge on any atom is -0.308 e. The highest BCUT2D eigenvalue weighted by Gasteiger charge is 2.20. The van der Waals surface area contributed by atoms with Gasteiger partial charge in [0.25, 0.3) is 0 Å². The first-order valence-corrected chi connectivity index (χ1v) is 7.05. The zero-order chi connectivity index (χ0) is 13.9. The summed E-state index contributed by atoms with van der Waals surface area (Å²) in [5.41, 5.74) is 5.63. The highest BCUT2D eigenvalue weighted by Crippen LogP contribution is 2.34. The molecule has 2 aromatic rings. The predicted molar refractivity (Wildman–Crippen MR) is 79.0 cm³/mol. The molecule has 3 N–H and O–H groups in total. The number of hydrogen-bond donors (Lipinski definition) is 2. The van der Waals surface area contributed by atoms with Gasteiger partial charge in [0.1, 0.15) is 5.82 Å². The van der Waals surface area contributed by atoms with Crippen LogP contribution in [0.2, 0.25) is 0 Å². The topological polar surface area (TPSA) is 76.7 Å². The average molecular weight is 269 g/mol. The van der Waals surface area contributed by atoms with Crippen LogP contribution in [0, 0.1) is 6.92 Å². The number of hydrogen-bond acceptors (Lipinski definition) is 5. The van der Waals surface area contributed by atoms with Gasteiger partial charge in [0.15, 0.2) is 5.82 Å². The van der Waals surface area contributed by atoms with Gasteiger partial charge in [-0.15, -0.1) is 0 Å². The van der Waals surface area contributed by atoms with Gasteiger partial charge in [-0.25, -0.2) is 15.8 Å². The lowest BCUT2D eigenvalue weighted by atomic mass is 10.0. The molecular formula is C15H19N5. The molecule has 5 nitrogen and oxygen atoms in total. The lowest BCUT2D eigenvalue weighted by Crippen LogP contribution is -2.11. The number of rotatable bonds is 3. The Kier molecular flexibility index (Phi) is 3.60. The number of anilines is 1. The van der Waals surface area contributed by atoms with Gasteiger partial charge in [-0.3, -0.25) is 4.98 Å². The maximum Gasteiger partial charge on any atom is 0.163 e. The number of nitrogens with one attached hydrogen (secondary N) is 1. The Bertz CT molecular complexity index is 588. The third kappa shape index (κ3) is 2.63. The number of nitrogens with two attached hydrogens (primary N) is 1. The Labute approximate surface area is 118 Å². The van der Waals surface area contributed by atoms with Crippen molar-refractivity contribution in [1.29, 1.82) is 0 Å². The van der Waals surface area contributed by atoms with Crippen LogP contribution in [0.15, 0.2) is 24.4 Å². The first-order chi connectivity index (χ1) is 9.76. The Balaban J connectivity index is 2.01. The normalized spacial score (nSPS) is 15.5. The molecular weight excluding hydrogens is 250 g/mol. The van der Waals surface area contributed by atoms with E-state index < -0.39 is 0 Å². The molecule has 0 aliphatic heterocycles. The predicted octanol–water partition coefficient (Wildman–Crippen LogP) is 2.79. The number of nitrogen functional groups attached to an aromatic ring is 1. The zero-order valence-electron chi connectivity index (χ0n) is 11.6. The average Bonchev–Trinajstić information content (AvgIpc) is 3.02. The Hall–Kier alpha value is -2.01. The van der Waals surface area contributed by atoms with Crippen molar-refractivity contribution in [2.75, 3.05) is 5.43 Å². The third-order valence-electron chi connectivity index (χ3n) is 3.84. The van der Waals surface area contributed by atoms with Crippen LogP contribution in [0.1, 0.15) is 43.0 Å². The minimum absolute atomic E-state index is 0.530. The molecule has 3 rings (SSSR count). The van der Waals surface area contributed by atoms with E-state index in [0.717, 1.165) is 17.0 Å². The molecule has 5 heteroatoms. The van der Waals surface area contributed by atoms with Crippen molar-refractivity contribution in [2.45, 2.75) is 38.5 Å². The summed E-state index contributed by atoms with van der Waals surface area (Å²) in [6, 6.07) is 5.92. The Morgan fingerprint density at radius 2 is 2.00 bits per heavy atom. The zero-order valence-corrected chi connectivity index (χ0v) is 11.6.